The van der Waals surface area contributed by atoms with Crippen LogP contribution in [0.1, 0.15) is 156 Å². The number of alkyl halides is 2. The van der Waals surface area contributed by atoms with Crippen LogP contribution >= 0.6 is 0 Å². The summed E-state index contributed by atoms with van der Waals surface area (Å²) in [5.41, 5.74) is 11.6. The second-order valence-corrected chi connectivity index (χ2v) is 33.6. The molecule has 12 atom stereocenters. The minimum atomic E-state index is -2.54. The molecule has 0 spiro atoms. The number of aromatic nitrogens is 17. The van der Waals surface area contributed by atoms with Gasteiger partial charge in [0.1, 0.15) is 40.5 Å². The second kappa shape index (κ2) is 36.2. The molecular weight excluding hydrogens is 1570 g/mol. The summed E-state index contributed by atoms with van der Waals surface area (Å²) in [6.45, 7) is 18.6. The zero-order chi connectivity index (χ0) is 85.8. The molecule has 9 aliphatic rings. The number of pyridine rings is 7. The summed E-state index contributed by atoms with van der Waals surface area (Å²) in [5.74, 6) is 6.14. The molecule has 29 nitrogen and oxygen atoms in total. The molecule has 8 bridgehead atoms. The molecule has 4 saturated carbocycles. The third-order valence-corrected chi connectivity index (χ3v) is 24.4. The van der Waals surface area contributed by atoms with E-state index in [1.165, 1.54) is 12.3 Å². The van der Waals surface area contributed by atoms with Gasteiger partial charge in [-0.1, -0.05) is 12.1 Å². The zero-order valence-electron chi connectivity index (χ0n) is 70.2. The summed E-state index contributed by atoms with van der Waals surface area (Å²) >= 11 is 0. The zero-order valence-corrected chi connectivity index (χ0v) is 70.2. The number of piperidine rings is 5. The normalized spacial score (nSPS) is 22.2. The van der Waals surface area contributed by atoms with Gasteiger partial charge >= 0.3 is 0 Å². The van der Waals surface area contributed by atoms with E-state index < -0.39 is 6.43 Å². The molecule has 12 unspecified atom stereocenters. The number of rotatable bonds is 17. The topological polar surface area (TPSA) is 346 Å². The summed E-state index contributed by atoms with van der Waals surface area (Å²) in [7, 11) is 0. The molecule has 9 fully saturated rings. The average molecular weight is 1670 g/mol. The molecule has 12 aromatic heterocycles. The van der Waals surface area contributed by atoms with Gasteiger partial charge in [0.05, 0.1) is 46.4 Å². The van der Waals surface area contributed by atoms with E-state index in [1.807, 2.05) is 148 Å². The van der Waals surface area contributed by atoms with Gasteiger partial charge in [0, 0.05) is 159 Å². The number of ether oxygens (including phenoxy) is 1. The van der Waals surface area contributed by atoms with Gasteiger partial charge in [0.15, 0.2) is 23.3 Å². The standard InChI is InChI=1S/C24H25N5O2.C23H22F2N6O.C23H25N7O.C23H24N6O/c1-15-4-7-21(27-12-15)31-20-11-17-5-6-19(20)29(14-17)24(30)18-10-16(2)13-28-22(18)23-25-8-3-9-26-23;1-13-3-5-16(20(29-13)22-26-7-2-8-27-22)23(32)31-12-14-9-17(18(31)10-14)30-19-6-4-15(11-28-19)21(24)25;1-13-5-6-17(20(26-13)21-24-7-4-8-25-21)22(31)30-12-16-10-18(19(30)11-16)29-23-27-14(2)9-15(3)28-23;1-14-4-7-20(26-12-14)28-18-10-16-11-19(18)29(13-16)23(30)17-6-5-15(2)27-21(17)22-24-8-3-9-25-22/h3-4,7-10,12-13,17,19-20H,5-6,11,14H2,1-2H3;2-8,11,14,17-18,21H,9-10,12H2,1H3,(H,28,30);4-9,16,18-19H,10-12H2,1-3H3,(H,27,28,29);3-9,12,16,18-19H,10-11,13H2,1-2H3,(H,26,28). The molecular formula is C93H96F2N24O5. The van der Waals surface area contributed by atoms with Gasteiger partial charge in [-0.3, -0.25) is 24.2 Å². The Bertz CT molecular complexity index is 5820. The summed E-state index contributed by atoms with van der Waals surface area (Å²) in [5, 5.41) is 10.4. The monoisotopic (exact) mass is 1670 g/mol. The average Bonchev–Trinajstić information content (AvgIpc) is 1.53. The van der Waals surface area contributed by atoms with Crippen LogP contribution in [0.5, 0.6) is 5.88 Å². The van der Waals surface area contributed by atoms with Gasteiger partial charge in [-0.15, -0.1) is 0 Å². The van der Waals surface area contributed by atoms with Crippen LogP contribution in [-0.2, 0) is 0 Å². The van der Waals surface area contributed by atoms with E-state index in [9.17, 15) is 28.0 Å². The summed E-state index contributed by atoms with van der Waals surface area (Å²) in [4.78, 5) is 137. The first kappa shape index (κ1) is 82.7. The van der Waals surface area contributed by atoms with Gasteiger partial charge in [0.25, 0.3) is 30.1 Å². The fourth-order valence-electron chi connectivity index (χ4n) is 18.8. The van der Waals surface area contributed by atoms with E-state index >= 15 is 0 Å². The van der Waals surface area contributed by atoms with Crippen molar-refractivity contribution in [2.45, 2.75) is 168 Å². The van der Waals surface area contributed by atoms with Crippen LogP contribution in [0.4, 0.5) is 26.4 Å². The lowest BCUT2D eigenvalue weighted by Crippen LogP contribution is -2.59. The molecule has 17 heterocycles. The maximum atomic E-state index is 13.7. The Labute approximate surface area is 716 Å². The third kappa shape index (κ3) is 18.3. The van der Waals surface area contributed by atoms with E-state index in [-0.39, 0.29) is 77.6 Å². The first-order valence-electron chi connectivity index (χ1n) is 42.2. The number of nitrogens with zero attached hydrogens (tertiary/aromatic N) is 21. The molecule has 31 heteroatoms. The molecule has 4 amide bonds. The fourth-order valence-corrected chi connectivity index (χ4v) is 18.8. The molecule has 4 aliphatic carbocycles. The van der Waals surface area contributed by atoms with Gasteiger partial charge in [0.2, 0.25) is 11.8 Å². The number of likely N-dealkylation sites (tertiary alicyclic amines) is 3. The molecule has 0 aromatic carbocycles. The van der Waals surface area contributed by atoms with Crippen molar-refractivity contribution in [2.24, 2.45) is 23.7 Å². The van der Waals surface area contributed by atoms with E-state index in [1.54, 1.807) is 92.2 Å². The number of nitrogens with one attached hydrogen (secondary N) is 3. The van der Waals surface area contributed by atoms with Crippen molar-refractivity contribution in [3.05, 3.63) is 257 Å². The second-order valence-electron chi connectivity index (χ2n) is 33.6. The quantitative estimate of drug-likeness (QED) is 0.0762. The molecule has 21 rings (SSSR count). The van der Waals surface area contributed by atoms with Crippen LogP contribution in [0.15, 0.2) is 184 Å². The van der Waals surface area contributed by atoms with E-state index in [2.05, 4.69) is 107 Å². The predicted octanol–water partition coefficient (Wildman–Crippen LogP) is 13.8. The number of carbonyl (C=O) groups is 4. The molecule has 12 aromatic rings. The Balaban J connectivity index is 0.000000117. The van der Waals surface area contributed by atoms with Crippen LogP contribution in [0.2, 0.25) is 0 Å². The highest BCUT2D eigenvalue weighted by atomic mass is 19.3. The van der Waals surface area contributed by atoms with Gasteiger partial charge in [-0.25, -0.2) is 88.5 Å². The van der Waals surface area contributed by atoms with Gasteiger partial charge in [-0.05, 0) is 245 Å². The number of fused-ring (bicyclic) bond motifs is 9. The number of halogens is 2. The molecule has 5 saturated heterocycles. The third-order valence-electron chi connectivity index (χ3n) is 24.4. The minimum absolute atomic E-state index is 0.000758. The summed E-state index contributed by atoms with van der Waals surface area (Å²) in [6.07, 6.45) is 26.2. The first-order chi connectivity index (χ1) is 60.1. The van der Waals surface area contributed by atoms with Crippen LogP contribution in [-0.4, -0.2) is 203 Å². The highest BCUT2D eigenvalue weighted by Crippen LogP contribution is 2.45. The van der Waals surface area contributed by atoms with Crippen molar-refractivity contribution >= 4 is 41.2 Å². The minimum Gasteiger partial charge on any atom is -0.472 e. The Hall–Kier alpha value is -13.6. The number of hydrogen-bond acceptors (Lipinski definition) is 25. The summed E-state index contributed by atoms with van der Waals surface area (Å²) < 4.78 is 31.8. The van der Waals surface area contributed by atoms with Crippen LogP contribution in [0.25, 0.3) is 46.1 Å². The van der Waals surface area contributed by atoms with E-state index in [4.69, 9.17) is 4.74 Å². The van der Waals surface area contributed by atoms with Crippen molar-refractivity contribution in [2.75, 3.05) is 42.1 Å². The number of anilines is 3. The Kier molecular flexibility index (Phi) is 24.1. The maximum absolute atomic E-state index is 13.7. The van der Waals surface area contributed by atoms with Gasteiger partial charge < -0.3 is 40.3 Å². The molecule has 5 aliphatic heterocycles. The first-order valence-corrected chi connectivity index (χ1v) is 42.2. The fraction of sp³-hybridized carbons (Fsp3) is 0.366. The Morgan fingerprint density at radius 3 is 1.15 bits per heavy atom. The predicted molar refractivity (Wildman–Crippen MR) is 460 cm³/mol. The number of amides is 4. The van der Waals surface area contributed by atoms with Crippen molar-refractivity contribution < 1.29 is 32.7 Å². The lowest BCUT2D eigenvalue weighted by atomic mass is 9.77. The highest BCUT2D eigenvalue weighted by Gasteiger charge is 2.51. The molecule has 3 N–H and O–H groups in total. The van der Waals surface area contributed by atoms with Crippen LogP contribution < -0.4 is 20.7 Å². The Morgan fingerprint density at radius 1 is 0.355 bits per heavy atom. The number of carbonyl (C=O) groups excluding carboxylic acids is 4. The lowest BCUT2D eigenvalue weighted by molar-refractivity contribution is -0.0313. The van der Waals surface area contributed by atoms with E-state index in [0.717, 1.165) is 128 Å². The maximum Gasteiger partial charge on any atom is 0.265 e. The Morgan fingerprint density at radius 2 is 0.750 bits per heavy atom. The van der Waals surface area contributed by atoms with Crippen molar-refractivity contribution in [1.29, 1.82) is 0 Å². The number of aryl methyl sites for hydroxylation is 8. The van der Waals surface area contributed by atoms with E-state index in [0.29, 0.717) is 116 Å². The number of hydrogen-bond donors (Lipinski definition) is 3. The lowest BCUT2D eigenvalue weighted by Gasteiger charge is -2.49. The SMILES string of the molecule is Cc1cc(C)nc(NC2CC3CC2N(C(=O)c2ccc(C)nc2-c2ncccn2)C3)n1.Cc1ccc(C(=O)N2CC3CC(Nc4ccc(C(F)F)cn4)C2C3)c(-c2ncccn2)n1.Cc1ccc(NC2CC3CC2N(C(=O)c2ccc(C)nc2-c2ncccn2)C3)nc1.Cc1ccc(OC2CC3CCC2N(C(=O)c2cc(C)cnc2-c2ncccn2)C3)nc1. The van der Waals surface area contributed by atoms with Crippen molar-refractivity contribution in [3.8, 4) is 52.0 Å². The van der Waals surface area contributed by atoms with Crippen LogP contribution in [0.3, 0.4) is 0 Å². The van der Waals surface area contributed by atoms with Crippen molar-refractivity contribution in [1.82, 2.24) is 104 Å². The largest absolute Gasteiger partial charge is 0.472 e. The smallest absolute Gasteiger partial charge is 0.265 e. The van der Waals surface area contributed by atoms with Gasteiger partial charge in [-0.2, -0.15) is 0 Å². The summed E-state index contributed by atoms with van der Waals surface area (Å²) in [6, 6.07) is 33.4. The molecule has 0 radical (unpaired) electrons. The van der Waals surface area contributed by atoms with Crippen LogP contribution in [0, 0.1) is 79.1 Å². The molecule has 632 valence electrons. The highest BCUT2D eigenvalue weighted by molar-refractivity contribution is 6.02. The molecule has 124 heavy (non-hydrogen) atoms. The van der Waals surface area contributed by atoms with Crippen molar-refractivity contribution in [3.63, 3.8) is 0 Å².